The second-order valence-corrected chi connectivity index (χ2v) is 15.5. The third-order valence-electron chi connectivity index (χ3n) is 10.4. The van der Waals surface area contributed by atoms with Crippen LogP contribution >= 0.6 is 0 Å². The van der Waals surface area contributed by atoms with Crippen molar-refractivity contribution >= 4 is 5.97 Å². The first-order valence-electron chi connectivity index (χ1n) is 22.7. The van der Waals surface area contributed by atoms with Crippen LogP contribution < -0.4 is 0 Å². The summed E-state index contributed by atoms with van der Waals surface area (Å²) < 4.78 is 11.6. The van der Waals surface area contributed by atoms with E-state index in [9.17, 15) is 9.90 Å². The van der Waals surface area contributed by atoms with Gasteiger partial charge in [-0.15, -0.1) is 0 Å². The topological polar surface area (TPSA) is 82.8 Å². The highest BCUT2D eigenvalue weighted by Crippen LogP contribution is 2.20. The predicted molar refractivity (Wildman–Crippen MR) is 218 cm³/mol. The van der Waals surface area contributed by atoms with Crippen LogP contribution in [0.2, 0.25) is 0 Å². The maximum Gasteiger partial charge on any atom is 0.305 e. The van der Waals surface area contributed by atoms with E-state index in [4.69, 9.17) is 14.7 Å². The quantitative estimate of drug-likeness (QED) is 0.0384. The Morgan fingerprint density at radius 3 is 1.45 bits per heavy atom. The van der Waals surface area contributed by atoms with Crippen molar-refractivity contribution in [2.75, 3.05) is 26.2 Å². The minimum Gasteiger partial charge on any atom is -0.466 e. The molecule has 6 heteroatoms. The number of aliphatic hydroxyl groups is 1. The van der Waals surface area contributed by atoms with Gasteiger partial charge in [0.05, 0.1) is 18.8 Å². The second-order valence-electron chi connectivity index (χ2n) is 15.5. The van der Waals surface area contributed by atoms with Gasteiger partial charge in [0.2, 0.25) is 0 Å². The molecule has 1 N–H and O–H groups in total. The van der Waals surface area contributed by atoms with Gasteiger partial charge in [0.15, 0.2) is 6.29 Å². The van der Waals surface area contributed by atoms with Crippen molar-refractivity contribution in [1.29, 1.82) is 5.26 Å². The first-order chi connectivity index (χ1) is 25.1. The number of nitriles is 1. The number of hydrogen-bond acceptors (Lipinski definition) is 6. The average Bonchev–Trinajstić information content (AvgIpc) is 3.13. The van der Waals surface area contributed by atoms with Crippen molar-refractivity contribution in [2.45, 2.75) is 251 Å². The molecule has 0 aliphatic heterocycles. The summed E-state index contributed by atoms with van der Waals surface area (Å²) in [5, 5.41) is 19.8. The van der Waals surface area contributed by atoms with Crippen LogP contribution in [0, 0.1) is 11.3 Å². The van der Waals surface area contributed by atoms with Crippen molar-refractivity contribution in [3.63, 3.8) is 0 Å². The van der Waals surface area contributed by atoms with Gasteiger partial charge in [-0.1, -0.05) is 175 Å². The molecular formula is C45H88N2O4. The zero-order valence-electron chi connectivity index (χ0n) is 34.6. The van der Waals surface area contributed by atoms with E-state index >= 15 is 0 Å². The molecule has 1 atom stereocenters. The van der Waals surface area contributed by atoms with Crippen LogP contribution in [0.4, 0.5) is 0 Å². The van der Waals surface area contributed by atoms with Crippen molar-refractivity contribution in [3.8, 4) is 6.07 Å². The zero-order chi connectivity index (χ0) is 37.3. The first kappa shape index (κ1) is 49.8. The van der Waals surface area contributed by atoms with E-state index < -0.39 is 6.29 Å². The highest BCUT2D eigenvalue weighted by Gasteiger charge is 2.15. The van der Waals surface area contributed by atoms with E-state index in [-0.39, 0.29) is 12.1 Å². The maximum atomic E-state index is 12.0. The number of unbranched alkanes of at least 4 members (excludes halogenated alkanes) is 24. The zero-order valence-corrected chi connectivity index (χ0v) is 34.6. The molecule has 0 aromatic carbocycles. The maximum absolute atomic E-state index is 12.0. The number of aliphatic hydroxyl groups excluding tert-OH is 1. The number of hydrogen-bond donors (Lipinski definition) is 1. The Balaban J connectivity index is 4.02. The second kappa shape index (κ2) is 41.6. The molecule has 0 spiro atoms. The van der Waals surface area contributed by atoms with Gasteiger partial charge in [-0.3, -0.25) is 4.79 Å². The van der Waals surface area contributed by atoms with E-state index in [1.54, 1.807) is 0 Å². The number of ether oxygens (including phenoxy) is 2. The summed E-state index contributed by atoms with van der Waals surface area (Å²) in [6, 6.07) is 2.32. The number of rotatable bonds is 42. The molecule has 0 radical (unpaired) electrons. The Morgan fingerprint density at radius 1 is 0.549 bits per heavy atom. The van der Waals surface area contributed by atoms with Crippen LogP contribution in [-0.4, -0.2) is 54.6 Å². The lowest BCUT2D eigenvalue weighted by Gasteiger charge is -2.22. The molecule has 51 heavy (non-hydrogen) atoms. The molecule has 0 amide bonds. The third-order valence-corrected chi connectivity index (χ3v) is 10.4. The first-order valence-corrected chi connectivity index (χ1v) is 22.7. The fourth-order valence-corrected chi connectivity index (χ4v) is 7.06. The summed E-state index contributed by atoms with van der Waals surface area (Å²) in [6.45, 7) is 10.4. The molecule has 0 aliphatic carbocycles. The molecule has 0 saturated carbocycles. The van der Waals surface area contributed by atoms with E-state index in [0.29, 0.717) is 19.4 Å². The molecule has 0 rings (SSSR count). The van der Waals surface area contributed by atoms with Gasteiger partial charge in [-0.25, -0.2) is 0 Å². The highest BCUT2D eigenvalue weighted by atomic mass is 16.6. The van der Waals surface area contributed by atoms with Crippen molar-refractivity contribution in [3.05, 3.63) is 0 Å². The monoisotopic (exact) mass is 721 g/mol. The smallest absolute Gasteiger partial charge is 0.305 e. The van der Waals surface area contributed by atoms with Gasteiger partial charge >= 0.3 is 5.97 Å². The molecule has 0 fully saturated rings. The fraction of sp³-hybridized carbons (Fsp3) is 0.956. The third kappa shape index (κ3) is 38.4. The Labute approximate surface area is 318 Å². The molecule has 302 valence electrons. The van der Waals surface area contributed by atoms with Crippen LogP contribution in [0.1, 0.15) is 239 Å². The lowest BCUT2D eigenvalue weighted by Crippen LogP contribution is -2.27. The normalized spacial score (nSPS) is 12.2. The molecule has 0 heterocycles. The molecule has 0 aromatic rings. The van der Waals surface area contributed by atoms with Gasteiger partial charge in [0.1, 0.15) is 0 Å². The Kier molecular flexibility index (Phi) is 40.6. The van der Waals surface area contributed by atoms with Crippen molar-refractivity contribution in [1.82, 2.24) is 4.90 Å². The number of esters is 1. The van der Waals surface area contributed by atoms with Gasteiger partial charge in [0, 0.05) is 19.4 Å². The molecular weight excluding hydrogens is 633 g/mol. The number of nitrogens with zero attached hydrogens (tertiary/aromatic N) is 2. The van der Waals surface area contributed by atoms with E-state index in [1.807, 2.05) is 0 Å². The lowest BCUT2D eigenvalue weighted by atomic mass is 10.0. The molecule has 0 bridgehead atoms. The minimum absolute atomic E-state index is 0.0283. The summed E-state index contributed by atoms with van der Waals surface area (Å²) in [7, 11) is 0. The molecule has 0 aromatic heterocycles. The van der Waals surface area contributed by atoms with E-state index in [0.717, 1.165) is 83.8 Å². The van der Waals surface area contributed by atoms with Crippen LogP contribution in [0.25, 0.3) is 0 Å². The molecule has 0 aliphatic rings. The van der Waals surface area contributed by atoms with Gasteiger partial charge in [0.25, 0.3) is 0 Å². The number of carbonyl (C=O) groups excluding carboxylic acids is 1. The summed E-state index contributed by atoms with van der Waals surface area (Å²) in [5.74, 6) is -0.0283. The standard InChI is InChI=1S/C45H88N2O4/c1-4-7-10-13-16-25-32-42-50-44(48)36-28-21-17-23-30-39-47(41-33-38-46)40-31-24-18-22-29-37-45(49)51-43(34-26-19-14-11-8-5-2)35-27-20-15-12-9-6-3/h43,45,49H,4-37,39-42H2,1-3H3. The summed E-state index contributed by atoms with van der Waals surface area (Å²) in [6.07, 6.45) is 39.2. The van der Waals surface area contributed by atoms with Gasteiger partial charge < -0.3 is 19.5 Å². The highest BCUT2D eigenvalue weighted by molar-refractivity contribution is 5.69. The summed E-state index contributed by atoms with van der Waals surface area (Å²) in [5.41, 5.74) is 0. The Bertz CT molecular complexity index is 726. The molecule has 0 saturated heterocycles. The van der Waals surface area contributed by atoms with Gasteiger partial charge in [-0.2, -0.15) is 5.26 Å². The minimum atomic E-state index is -0.620. The summed E-state index contributed by atoms with van der Waals surface area (Å²) >= 11 is 0. The Hall–Kier alpha value is -1.16. The fourth-order valence-electron chi connectivity index (χ4n) is 7.06. The van der Waals surface area contributed by atoms with E-state index in [1.165, 1.54) is 141 Å². The van der Waals surface area contributed by atoms with E-state index in [2.05, 4.69) is 31.7 Å². The van der Waals surface area contributed by atoms with Crippen molar-refractivity contribution < 1.29 is 19.4 Å². The van der Waals surface area contributed by atoms with Crippen LogP contribution in [0.15, 0.2) is 0 Å². The largest absolute Gasteiger partial charge is 0.466 e. The number of carbonyl (C=O) groups is 1. The van der Waals surface area contributed by atoms with Crippen LogP contribution in [0.5, 0.6) is 0 Å². The average molecular weight is 721 g/mol. The van der Waals surface area contributed by atoms with Crippen LogP contribution in [-0.2, 0) is 14.3 Å². The molecule has 6 nitrogen and oxygen atoms in total. The SMILES string of the molecule is CCCCCCCCCOC(=O)CCCCCCCN(CCC#N)CCCCCCCC(O)OC(CCCCCCCC)CCCCCCCC. The van der Waals surface area contributed by atoms with Crippen LogP contribution in [0.3, 0.4) is 0 Å². The molecule has 1 unspecified atom stereocenters. The van der Waals surface area contributed by atoms with Crippen molar-refractivity contribution in [2.24, 2.45) is 0 Å². The lowest BCUT2D eigenvalue weighted by molar-refractivity contribution is -0.144. The van der Waals surface area contributed by atoms with Gasteiger partial charge in [-0.05, 0) is 64.5 Å². The Morgan fingerprint density at radius 2 is 0.961 bits per heavy atom. The summed E-state index contributed by atoms with van der Waals surface area (Å²) in [4.78, 5) is 14.5. The predicted octanol–water partition coefficient (Wildman–Crippen LogP) is 13.4.